The minimum Gasteiger partial charge on any atom is -0.223 e. The lowest BCUT2D eigenvalue weighted by Gasteiger charge is -1.90. The summed E-state index contributed by atoms with van der Waals surface area (Å²) in [5, 5.41) is 0.0702. The van der Waals surface area contributed by atoms with E-state index in [-0.39, 0.29) is 8.98 Å². The van der Waals surface area contributed by atoms with Crippen LogP contribution in [0.15, 0.2) is 6.20 Å². The van der Waals surface area contributed by atoms with Crippen LogP contribution in [0.25, 0.3) is 0 Å². The van der Waals surface area contributed by atoms with Crippen molar-refractivity contribution in [3.8, 4) is 0 Å². The predicted octanol–water partition coefficient (Wildman–Crippen LogP) is 1.87. The van der Waals surface area contributed by atoms with Crippen LogP contribution in [0.2, 0.25) is 5.28 Å². The van der Waals surface area contributed by atoms with Crippen molar-refractivity contribution in [2.24, 2.45) is 0 Å². The zero-order valence-electron chi connectivity index (χ0n) is 4.11. The van der Waals surface area contributed by atoms with Crippen molar-refractivity contribution >= 4 is 34.2 Å². The Morgan fingerprint density at radius 2 is 2.33 bits per heavy atom. The Bertz CT molecular complexity index is 230. The highest BCUT2D eigenvalue weighted by molar-refractivity contribution is 14.1. The Labute approximate surface area is 69.6 Å². The molecule has 1 heterocycles. The van der Waals surface area contributed by atoms with E-state index in [2.05, 4.69) is 9.97 Å². The second-order valence-electron chi connectivity index (χ2n) is 1.28. The molecule has 1 aromatic heterocycles. The molecule has 1 aromatic rings. The maximum Gasteiger partial charge on any atom is 0.223 e. The zero-order chi connectivity index (χ0) is 6.85. The van der Waals surface area contributed by atoms with Gasteiger partial charge in [0.25, 0.3) is 0 Å². The van der Waals surface area contributed by atoms with Crippen LogP contribution in [-0.2, 0) is 0 Å². The average molecular weight is 258 g/mol. The van der Waals surface area contributed by atoms with Gasteiger partial charge in [0.05, 0.1) is 6.20 Å². The topological polar surface area (TPSA) is 25.8 Å². The molecule has 0 atom stereocenters. The summed E-state index contributed by atoms with van der Waals surface area (Å²) in [7, 11) is 0. The largest absolute Gasteiger partial charge is 0.223 e. The third-order valence-corrected chi connectivity index (χ3v) is 1.61. The second kappa shape index (κ2) is 2.74. The standard InChI is InChI=1S/C4HClFIN2/c5-4-8-1-2(6)3(7)9-4/h1H. The van der Waals surface area contributed by atoms with Crippen LogP contribution in [-0.4, -0.2) is 9.97 Å². The van der Waals surface area contributed by atoms with Gasteiger partial charge < -0.3 is 0 Å². The molecule has 5 heteroatoms. The van der Waals surface area contributed by atoms with E-state index in [9.17, 15) is 4.39 Å². The van der Waals surface area contributed by atoms with E-state index in [1.807, 2.05) is 0 Å². The first kappa shape index (κ1) is 7.14. The highest BCUT2D eigenvalue weighted by Crippen LogP contribution is 2.07. The molecule has 0 radical (unpaired) electrons. The van der Waals surface area contributed by atoms with Crippen molar-refractivity contribution in [3.63, 3.8) is 0 Å². The summed E-state index contributed by atoms with van der Waals surface area (Å²) in [6.07, 6.45) is 1.04. The normalized spacial score (nSPS) is 9.67. The smallest absolute Gasteiger partial charge is 0.223 e. The Morgan fingerprint density at radius 1 is 1.67 bits per heavy atom. The molecule has 0 N–H and O–H groups in total. The molecule has 0 aliphatic carbocycles. The number of hydrogen-bond donors (Lipinski definition) is 0. The molecule has 0 unspecified atom stereocenters. The molecule has 0 spiro atoms. The molecule has 48 valence electrons. The second-order valence-corrected chi connectivity index (χ2v) is 2.64. The van der Waals surface area contributed by atoms with Crippen LogP contribution in [0.5, 0.6) is 0 Å². The van der Waals surface area contributed by atoms with Gasteiger partial charge in [-0.1, -0.05) is 0 Å². The van der Waals surface area contributed by atoms with Gasteiger partial charge in [-0.3, -0.25) is 0 Å². The lowest BCUT2D eigenvalue weighted by atomic mass is 10.7. The van der Waals surface area contributed by atoms with Crippen molar-refractivity contribution in [2.45, 2.75) is 0 Å². The predicted molar refractivity (Wildman–Crippen MR) is 39.7 cm³/mol. The fraction of sp³-hybridized carbons (Fsp3) is 0. The number of rotatable bonds is 0. The molecule has 0 fully saturated rings. The number of aromatic nitrogens is 2. The van der Waals surface area contributed by atoms with Gasteiger partial charge >= 0.3 is 0 Å². The summed E-state index contributed by atoms with van der Waals surface area (Å²) in [5.41, 5.74) is 0. The molecule has 0 saturated carbocycles. The fourth-order valence-electron chi connectivity index (χ4n) is 0.326. The molecule has 0 aliphatic rings. The molecule has 9 heavy (non-hydrogen) atoms. The lowest BCUT2D eigenvalue weighted by Crippen LogP contribution is -1.89. The Kier molecular flexibility index (Phi) is 2.18. The van der Waals surface area contributed by atoms with Gasteiger partial charge in [-0.2, -0.15) is 0 Å². The van der Waals surface area contributed by atoms with Gasteiger partial charge in [-0.05, 0) is 34.2 Å². The van der Waals surface area contributed by atoms with Crippen molar-refractivity contribution in [1.82, 2.24) is 9.97 Å². The summed E-state index contributed by atoms with van der Waals surface area (Å²) in [4.78, 5) is 6.95. The van der Waals surface area contributed by atoms with E-state index in [4.69, 9.17) is 11.6 Å². The lowest BCUT2D eigenvalue weighted by molar-refractivity contribution is 0.603. The highest BCUT2D eigenvalue weighted by atomic mass is 127. The Morgan fingerprint density at radius 3 is 2.78 bits per heavy atom. The molecular weight excluding hydrogens is 257 g/mol. The summed E-state index contributed by atoms with van der Waals surface area (Å²) >= 11 is 7.06. The highest BCUT2D eigenvalue weighted by Gasteiger charge is 1.99. The van der Waals surface area contributed by atoms with Crippen LogP contribution < -0.4 is 0 Å². The zero-order valence-corrected chi connectivity index (χ0v) is 7.02. The van der Waals surface area contributed by atoms with Crippen LogP contribution in [0.1, 0.15) is 0 Å². The van der Waals surface area contributed by atoms with Crippen molar-refractivity contribution < 1.29 is 4.39 Å². The average Bonchev–Trinajstić information content (AvgIpc) is 1.80. The van der Waals surface area contributed by atoms with E-state index in [1.165, 1.54) is 0 Å². The van der Waals surface area contributed by atoms with Crippen LogP contribution in [0.4, 0.5) is 4.39 Å². The minimum absolute atomic E-state index is 0.0702. The first-order valence-electron chi connectivity index (χ1n) is 2.03. The molecule has 0 saturated heterocycles. The molecule has 1 rings (SSSR count). The van der Waals surface area contributed by atoms with Crippen LogP contribution in [0, 0.1) is 9.52 Å². The van der Waals surface area contributed by atoms with Crippen LogP contribution in [0.3, 0.4) is 0 Å². The van der Waals surface area contributed by atoms with E-state index in [0.29, 0.717) is 0 Å². The molecule has 0 amide bonds. The van der Waals surface area contributed by atoms with Crippen molar-refractivity contribution in [1.29, 1.82) is 0 Å². The summed E-state index contributed by atoms with van der Waals surface area (Å²) < 4.78 is 12.6. The van der Waals surface area contributed by atoms with E-state index < -0.39 is 5.82 Å². The molecule has 0 aromatic carbocycles. The SMILES string of the molecule is Fc1cnc(Cl)nc1I. The first-order chi connectivity index (χ1) is 4.20. The number of halogens is 3. The van der Waals surface area contributed by atoms with Gasteiger partial charge in [-0.15, -0.1) is 0 Å². The van der Waals surface area contributed by atoms with Crippen molar-refractivity contribution in [2.75, 3.05) is 0 Å². The van der Waals surface area contributed by atoms with Crippen molar-refractivity contribution in [3.05, 3.63) is 21.0 Å². The summed E-state index contributed by atoms with van der Waals surface area (Å²) in [5.74, 6) is -0.444. The molecule has 2 nitrogen and oxygen atoms in total. The van der Waals surface area contributed by atoms with E-state index in [1.54, 1.807) is 22.6 Å². The van der Waals surface area contributed by atoms with E-state index >= 15 is 0 Å². The first-order valence-corrected chi connectivity index (χ1v) is 3.49. The third-order valence-electron chi connectivity index (χ3n) is 0.672. The number of hydrogen-bond acceptors (Lipinski definition) is 2. The van der Waals surface area contributed by atoms with E-state index in [0.717, 1.165) is 6.20 Å². The molecular formula is C4HClFIN2. The quantitative estimate of drug-likeness (QED) is 0.403. The maximum absolute atomic E-state index is 12.3. The van der Waals surface area contributed by atoms with Gasteiger partial charge in [0, 0.05) is 0 Å². The minimum atomic E-state index is -0.444. The maximum atomic E-state index is 12.3. The summed E-state index contributed by atoms with van der Waals surface area (Å²) in [6.45, 7) is 0. The Balaban J connectivity index is 3.17. The summed E-state index contributed by atoms with van der Waals surface area (Å²) in [6, 6.07) is 0. The van der Waals surface area contributed by atoms with Crippen LogP contribution >= 0.6 is 34.2 Å². The Hall–Kier alpha value is 0.0300. The molecule has 0 aliphatic heterocycles. The van der Waals surface area contributed by atoms with Gasteiger partial charge in [0.1, 0.15) is 3.70 Å². The number of nitrogens with zero attached hydrogens (tertiary/aromatic N) is 2. The van der Waals surface area contributed by atoms with Gasteiger partial charge in [0.2, 0.25) is 5.28 Å². The van der Waals surface area contributed by atoms with Gasteiger partial charge in [-0.25, -0.2) is 14.4 Å². The third kappa shape index (κ3) is 1.72. The van der Waals surface area contributed by atoms with Gasteiger partial charge in [0.15, 0.2) is 5.82 Å². The molecule has 0 bridgehead atoms. The monoisotopic (exact) mass is 258 g/mol. The fourth-order valence-corrected chi connectivity index (χ4v) is 0.970.